The van der Waals surface area contributed by atoms with Crippen LogP contribution in [0.5, 0.6) is 5.75 Å². The van der Waals surface area contributed by atoms with E-state index in [4.69, 9.17) is 10.5 Å². The van der Waals surface area contributed by atoms with Gasteiger partial charge >= 0.3 is 0 Å². The molecule has 0 amide bonds. The Labute approximate surface area is 109 Å². The van der Waals surface area contributed by atoms with Crippen molar-refractivity contribution in [1.29, 1.82) is 0 Å². The van der Waals surface area contributed by atoms with Gasteiger partial charge < -0.3 is 10.5 Å². The highest BCUT2D eigenvalue weighted by atomic mass is 32.2. The summed E-state index contributed by atoms with van der Waals surface area (Å²) in [5.41, 5.74) is 6.73. The lowest BCUT2D eigenvalue weighted by atomic mass is 10.1. The van der Waals surface area contributed by atoms with Crippen LogP contribution in [0, 0.1) is 0 Å². The van der Waals surface area contributed by atoms with Gasteiger partial charge in [-0.1, -0.05) is 12.1 Å². The summed E-state index contributed by atoms with van der Waals surface area (Å²) in [5, 5.41) is -0.397. The first kappa shape index (κ1) is 15.0. The largest absolute Gasteiger partial charge is 0.494 e. The van der Waals surface area contributed by atoms with Gasteiger partial charge in [0.25, 0.3) is 0 Å². The fourth-order valence-corrected chi connectivity index (χ4v) is 2.59. The van der Waals surface area contributed by atoms with Crippen LogP contribution in [-0.2, 0) is 9.84 Å². The van der Waals surface area contributed by atoms with Crippen LogP contribution in [0.25, 0.3) is 0 Å². The van der Waals surface area contributed by atoms with Gasteiger partial charge in [0.1, 0.15) is 5.75 Å². The Balaban J connectivity index is 2.76. The number of hydrogen-bond acceptors (Lipinski definition) is 4. The van der Waals surface area contributed by atoms with Crippen LogP contribution < -0.4 is 10.5 Å². The van der Waals surface area contributed by atoms with Crippen molar-refractivity contribution >= 4 is 9.84 Å². The molecule has 1 unspecified atom stereocenters. The summed E-state index contributed by atoms with van der Waals surface area (Å²) in [5.74, 6) is 0.735. The number of benzene rings is 1. The third-order valence-corrected chi connectivity index (χ3v) is 5.01. The minimum atomic E-state index is -3.12. The zero-order valence-corrected chi connectivity index (χ0v) is 11.9. The maximum absolute atomic E-state index is 11.8. The molecule has 1 atom stereocenters. The maximum atomic E-state index is 11.8. The van der Waals surface area contributed by atoms with Gasteiger partial charge in [-0.25, -0.2) is 8.42 Å². The maximum Gasteiger partial charge on any atom is 0.154 e. The Morgan fingerprint density at radius 2 is 1.78 bits per heavy atom. The van der Waals surface area contributed by atoms with Crippen LogP contribution >= 0.6 is 0 Å². The molecule has 18 heavy (non-hydrogen) atoms. The van der Waals surface area contributed by atoms with Gasteiger partial charge in [-0.05, 0) is 38.5 Å². The summed E-state index contributed by atoms with van der Waals surface area (Å²) in [4.78, 5) is 0. The summed E-state index contributed by atoms with van der Waals surface area (Å²) in [7, 11) is -3.12. The Kier molecular flexibility index (Phi) is 5.16. The molecular formula is C13H21NO3S. The molecule has 0 bridgehead atoms. The minimum Gasteiger partial charge on any atom is -0.494 e. The standard InChI is InChI=1S/C13H21NO3S/c1-4-17-12-7-5-11(6-8-12)13(14)9-18(15,16)10(2)3/h5-8,10,13H,4,9,14H2,1-3H3. The Morgan fingerprint density at radius 3 is 2.22 bits per heavy atom. The van der Waals surface area contributed by atoms with Gasteiger partial charge in [0.05, 0.1) is 17.6 Å². The van der Waals surface area contributed by atoms with E-state index in [1.54, 1.807) is 26.0 Å². The van der Waals surface area contributed by atoms with Crippen molar-refractivity contribution < 1.29 is 13.2 Å². The van der Waals surface area contributed by atoms with E-state index in [0.717, 1.165) is 11.3 Å². The van der Waals surface area contributed by atoms with E-state index in [9.17, 15) is 8.42 Å². The molecule has 0 spiro atoms. The fraction of sp³-hybridized carbons (Fsp3) is 0.538. The molecule has 5 heteroatoms. The number of ether oxygens (including phenoxy) is 1. The normalized spacial score (nSPS) is 13.6. The van der Waals surface area contributed by atoms with Crippen LogP contribution in [0.4, 0.5) is 0 Å². The van der Waals surface area contributed by atoms with Crippen LogP contribution in [0.15, 0.2) is 24.3 Å². The van der Waals surface area contributed by atoms with E-state index in [2.05, 4.69) is 0 Å². The van der Waals surface area contributed by atoms with Crippen molar-refractivity contribution in [3.05, 3.63) is 29.8 Å². The van der Waals surface area contributed by atoms with Crippen LogP contribution in [0.3, 0.4) is 0 Å². The highest BCUT2D eigenvalue weighted by molar-refractivity contribution is 7.92. The first-order valence-corrected chi connectivity index (χ1v) is 7.78. The van der Waals surface area contributed by atoms with Gasteiger partial charge in [-0.2, -0.15) is 0 Å². The monoisotopic (exact) mass is 271 g/mol. The van der Waals surface area contributed by atoms with Crippen molar-refractivity contribution in [2.24, 2.45) is 5.73 Å². The molecule has 0 saturated carbocycles. The highest BCUT2D eigenvalue weighted by Crippen LogP contribution is 2.18. The Hall–Kier alpha value is -1.07. The van der Waals surface area contributed by atoms with E-state index in [1.807, 2.05) is 19.1 Å². The lowest BCUT2D eigenvalue weighted by Crippen LogP contribution is -2.26. The van der Waals surface area contributed by atoms with Gasteiger partial charge in [0.15, 0.2) is 9.84 Å². The third-order valence-electron chi connectivity index (χ3n) is 2.75. The molecule has 0 saturated heterocycles. The molecule has 1 aromatic rings. The van der Waals surface area contributed by atoms with Crippen LogP contribution in [-0.4, -0.2) is 26.0 Å². The molecule has 2 N–H and O–H groups in total. The van der Waals surface area contributed by atoms with E-state index < -0.39 is 21.1 Å². The van der Waals surface area contributed by atoms with Crippen molar-refractivity contribution in [3.8, 4) is 5.75 Å². The molecule has 1 aromatic carbocycles. The minimum absolute atomic E-state index is 0.0291. The van der Waals surface area contributed by atoms with E-state index in [0.29, 0.717) is 6.61 Å². The van der Waals surface area contributed by atoms with Crippen molar-refractivity contribution in [1.82, 2.24) is 0 Å². The number of hydrogen-bond donors (Lipinski definition) is 1. The summed E-state index contributed by atoms with van der Waals surface area (Å²) in [6.07, 6.45) is 0. The first-order valence-electron chi connectivity index (χ1n) is 6.06. The molecule has 0 fully saturated rings. The average molecular weight is 271 g/mol. The smallest absolute Gasteiger partial charge is 0.154 e. The predicted molar refractivity (Wildman–Crippen MR) is 73.5 cm³/mol. The average Bonchev–Trinajstić information content (AvgIpc) is 2.29. The molecule has 0 aliphatic rings. The summed E-state index contributed by atoms with van der Waals surface area (Å²) >= 11 is 0. The molecular weight excluding hydrogens is 250 g/mol. The summed E-state index contributed by atoms with van der Waals surface area (Å²) in [6, 6.07) is 6.74. The second kappa shape index (κ2) is 6.20. The molecule has 0 aliphatic carbocycles. The zero-order valence-electron chi connectivity index (χ0n) is 11.1. The van der Waals surface area contributed by atoms with Crippen molar-refractivity contribution in [2.45, 2.75) is 32.1 Å². The summed E-state index contributed by atoms with van der Waals surface area (Å²) in [6.45, 7) is 5.85. The molecule has 0 heterocycles. The molecule has 0 aliphatic heterocycles. The van der Waals surface area contributed by atoms with E-state index >= 15 is 0 Å². The van der Waals surface area contributed by atoms with Crippen molar-refractivity contribution in [3.63, 3.8) is 0 Å². The van der Waals surface area contributed by atoms with Crippen LogP contribution in [0.1, 0.15) is 32.4 Å². The number of nitrogens with two attached hydrogens (primary N) is 1. The summed E-state index contributed by atoms with van der Waals surface area (Å²) < 4.78 is 28.9. The quantitative estimate of drug-likeness (QED) is 0.858. The molecule has 4 nitrogen and oxygen atoms in total. The van der Waals surface area contributed by atoms with Crippen LogP contribution in [0.2, 0.25) is 0 Å². The molecule has 0 aromatic heterocycles. The van der Waals surface area contributed by atoms with Gasteiger partial charge in [-0.3, -0.25) is 0 Å². The van der Waals surface area contributed by atoms with E-state index in [1.165, 1.54) is 0 Å². The van der Waals surface area contributed by atoms with Gasteiger partial charge in [-0.15, -0.1) is 0 Å². The third kappa shape index (κ3) is 3.99. The van der Waals surface area contributed by atoms with Crippen molar-refractivity contribution in [2.75, 3.05) is 12.4 Å². The Bertz CT molecular complexity index is 466. The topological polar surface area (TPSA) is 69.4 Å². The van der Waals surface area contributed by atoms with Gasteiger partial charge in [0.2, 0.25) is 0 Å². The second-order valence-electron chi connectivity index (χ2n) is 4.49. The van der Waals surface area contributed by atoms with Gasteiger partial charge in [0, 0.05) is 6.04 Å². The molecule has 102 valence electrons. The van der Waals surface area contributed by atoms with E-state index in [-0.39, 0.29) is 5.75 Å². The Morgan fingerprint density at radius 1 is 1.22 bits per heavy atom. The predicted octanol–water partition coefficient (Wildman–Crippen LogP) is 1.91. The zero-order chi connectivity index (χ0) is 13.8. The lowest BCUT2D eigenvalue weighted by Gasteiger charge is -2.15. The second-order valence-corrected chi connectivity index (χ2v) is 7.09. The first-order chi connectivity index (χ1) is 8.36. The highest BCUT2D eigenvalue weighted by Gasteiger charge is 2.21. The SMILES string of the molecule is CCOc1ccc(C(N)CS(=O)(=O)C(C)C)cc1. The number of sulfone groups is 1. The lowest BCUT2D eigenvalue weighted by molar-refractivity contribution is 0.340. The molecule has 0 radical (unpaired) electrons. The number of rotatable bonds is 6. The molecule has 1 rings (SSSR count). The fourth-order valence-electron chi connectivity index (χ4n) is 1.52.